The molecule has 0 heterocycles. The van der Waals surface area contributed by atoms with E-state index in [1.807, 2.05) is 13.8 Å². The maximum atomic E-state index is 13.9. The lowest BCUT2D eigenvalue weighted by Gasteiger charge is -2.32. The summed E-state index contributed by atoms with van der Waals surface area (Å²) in [7, 11) is -2.67. The number of carbonyl (C=O) groups is 2. The van der Waals surface area contributed by atoms with Gasteiger partial charge < -0.3 is 15.0 Å². The SMILES string of the molecule is CCCCNC(=O)[C@H](C)N(Cc1ccccc1Cl)C(=O)CN(c1ccc(C)cc1)S(=O)(=O)c1ccc(OC)cc1. The third-order valence-electron chi connectivity index (χ3n) is 6.54. The van der Waals surface area contributed by atoms with Gasteiger partial charge in [0.25, 0.3) is 10.0 Å². The average molecular weight is 586 g/mol. The van der Waals surface area contributed by atoms with Crippen molar-refractivity contribution in [2.45, 2.75) is 51.1 Å². The van der Waals surface area contributed by atoms with Crippen LogP contribution in [0, 0.1) is 6.92 Å². The van der Waals surface area contributed by atoms with E-state index in [0.29, 0.717) is 28.6 Å². The highest BCUT2D eigenvalue weighted by atomic mass is 35.5. The van der Waals surface area contributed by atoms with Crippen LogP contribution in [-0.2, 0) is 26.2 Å². The maximum absolute atomic E-state index is 13.9. The van der Waals surface area contributed by atoms with Gasteiger partial charge in [-0.25, -0.2) is 8.42 Å². The fourth-order valence-corrected chi connectivity index (χ4v) is 5.65. The van der Waals surface area contributed by atoms with E-state index in [-0.39, 0.29) is 17.3 Å². The number of carbonyl (C=O) groups excluding carboxylic acids is 2. The molecule has 0 aromatic heterocycles. The molecule has 0 bridgehead atoms. The number of unbranched alkanes of at least 4 members (excludes halogenated alkanes) is 1. The minimum atomic E-state index is -4.16. The minimum Gasteiger partial charge on any atom is -0.497 e. The average Bonchev–Trinajstić information content (AvgIpc) is 2.95. The lowest BCUT2D eigenvalue weighted by Crippen LogP contribution is -2.51. The number of amides is 2. The summed E-state index contributed by atoms with van der Waals surface area (Å²) in [5.41, 5.74) is 1.91. The van der Waals surface area contributed by atoms with Gasteiger partial charge in [0.2, 0.25) is 11.8 Å². The van der Waals surface area contributed by atoms with Gasteiger partial charge in [0.1, 0.15) is 18.3 Å². The van der Waals surface area contributed by atoms with E-state index in [4.69, 9.17) is 16.3 Å². The van der Waals surface area contributed by atoms with Crippen LogP contribution >= 0.6 is 11.6 Å². The van der Waals surface area contributed by atoms with Gasteiger partial charge in [-0.15, -0.1) is 0 Å². The second-order valence-electron chi connectivity index (χ2n) is 9.46. The molecule has 0 aliphatic rings. The normalized spacial score (nSPS) is 11.9. The highest BCUT2D eigenvalue weighted by molar-refractivity contribution is 7.92. The van der Waals surface area contributed by atoms with Gasteiger partial charge >= 0.3 is 0 Å². The molecule has 8 nitrogen and oxygen atoms in total. The molecule has 0 saturated heterocycles. The number of hydrogen-bond acceptors (Lipinski definition) is 5. The van der Waals surface area contributed by atoms with Gasteiger partial charge in [-0.05, 0) is 68.3 Å². The first-order valence-corrected chi connectivity index (χ1v) is 14.9. The van der Waals surface area contributed by atoms with Crippen LogP contribution in [0.2, 0.25) is 5.02 Å². The fourth-order valence-electron chi connectivity index (χ4n) is 4.04. The molecular formula is C30H36ClN3O5S. The monoisotopic (exact) mass is 585 g/mol. The minimum absolute atomic E-state index is 0.00434. The van der Waals surface area contributed by atoms with Crippen LogP contribution in [0.3, 0.4) is 0 Å². The number of rotatable bonds is 13. The number of hydrogen-bond donors (Lipinski definition) is 1. The zero-order valence-electron chi connectivity index (χ0n) is 23.3. The van der Waals surface area contributed by atoms with Crippen LogP contribution < -0.4 is 14.4 Å². The molecule has 3 aromatic carbocycles. The van der Waals surface area contributed by atoms with Crippen LogP contribution in [0.25, 0.3) is 0 Å². The van der Waals surface area contributed by atoms with Crippen molar-refractivity contribution in [3.05, 3.63) is 88.9 Å². The van der Waals surface area contributed by atoms with Gasteiger partial charge in [-0.2, -0.15) is 0 Å². The van der Waals surface area contributed by atoms with Crippen molar-refractivity contribution >= 4 is 39.1 Å². The molecule has 2 amide bonds. The van der Waals surface area contributed by atoms with E-state index in [2.05, 4.69) is 5.32 Å². The number of aryl methyl sites for hydroxylation is 1. The van der Waals surface area contributed by atoms with Crippen LogP contribution in [0.5, 0.6) is 5.75 Å². The molecule has 0 unspecified atom stereocenters. The zero-order valence-corrected chi connectivity index (χ0v) is 24.8. The largest absolute Gasteiger partial charge is 0.497 e. The molecule has 3 aromatic rings. The molecule has 0 spiro atoms. The van der Waals surface area contributed by atoms with Crippen molar-refractivity contribution < 1.29 is 22.7 Å². The first kappa shape index (κ1) is 31.0. The molecule has 0 aliphatic carbocycles. The summed E-state index contributed by atoms with van der Waals surface area (Å²) in [5, 5.41) is 3.31. The Morgan fingerprint density at radius 1 is 1.00 bits per heavy atom. The molecule has 1 atom stereocenters. The number of anilines is 1. The van der Waals surface area contributed by atoms with E-state index in [9.17, 15) is 18.0 Å². The van der Waals surface area contributed by atoms with Gasteiger partial charge in [0.05, 0.1) is 17.7 Å². The predicted molar refractivity (Wildman–Crippen MR) is 158 cm³/mol. The molecule has 0 radical (unpaired) electrons. The number of ether oxygens (including phenoxy) is 1. The lowest BCUT2D eigenvalue weighted by molar-refractivity contribution is -0.139. The summed E-state index contributed by atoms with van der Waals surface area (Å²) in [4.78, 5) is 28.3. The Labute approximate surface area is 241 Å². The Balaban J connectivity index is 2.00. The van der Waals surface area contributed by atoms with Crippen molar-refractivity contribution in [2.75, 3.05) is 24.5 Å². The third kappa shape index (κ3) is 7.76. The highest BCUT2D eigenvalue weighted by Gasteiger charge is 2.32. The zero-order chi connectivity index (χ0) is 29.3. The second-order valence-corrected chi connectivity index (χ2v) is 11.7. The molecule has 1 N–H and O–H groups in total. The number of sulfonamides is 1. The maximum Gasteiger partial charge on any atom is 0.264 e. The number of nitrogens with one attached hydrogen (secondary N) is 1. The standard InChI is InChI=1S/C30H36ClN3O5S/c1-5-6-19-32-30(36)23(3)33(20-24-9-7-8-10-28(24)31)29(35)21-34(25-13-11-22(2)12-14-25)40(37,38)27-17-15-26(39-4)16-18-27/h7-18,23H,5-6,19-21H2,1-4H3,(H,32,36)/t23-/m0/s1. The van der Waals surface area contributed by atoms with Crippen molar-refractivity contribution in [3.8, 4) is 5.75 Å². The Bertz CT molecular complexity index is 1400. The Hall–Kier alpha value is -3.56. The van der Waals surface area contributed by atoms with E-state index in [1.165, 1.54) is 24.1 Å². The van der Waals surface area contributed by atoms with E-state index in [1.54, 1.807) is 67.6 Å². The molecule has 40 heavy (non-hydrogen) atoms. The molecule has 3 rings (SSSR count). The number of halogens is 1. The summed E-state index contributed by atoms with van der Waals surface area (Å²) < 4.78 is 34.0. The molecular weight excluding hydrogens is 550 g/mol. The van der Waals surface area contributed by atoms with Crippen molar-refractivity contribution in [1.82, 2.24) is 10.2 Å². The molecule has 0 fully saturated rings. The van der Waals surface area contributed by atoms with Crippen molar-refractivity contribution in [1.29, 1.82) is 0 Å². The van der Waals surface area contributed by atoms with Crippen molar-refractivity contribution in [2.24, 2.45) is 0 Å². The van der Waals surface area contributed by atoms with Gasteiger partial charge in [0, 0.05) is 18.1 Å². The van der Waals surface area contributed by atoms with Gasteiger partial charge in [0.15, 0.2) is 0 Å². The Morgan fingerprint density at radius 2 is 1.65 bits per heavy atom. The van der Waals surface area contributed by atoms with Crippen LogP contribution in [0.1, 0.15) is 37.8 Å². The van der Waals surface area contributed by atoms with E-state index in [0.717, 1.165) is 22.7 Å². The quantitative estimate of drug-likeness (QED) is 0.279. The second kappa shape index (κ2) is 14.2. The lowest BCUT2D eigenvalue weighted by atomic mass is 10.1. The van der Waals surface area contributed by atoms with E-state index < -0.39 is 28.5 Å². The summed E-state index contributed by atoms with van der Waals surface area (Å²) in [5.74, 6) is -0.366. The van der Waals surface area contributed by atoms with Gasteiger partial charge in [-0.1, -0.05) is 60.8 Å². The summed E-state index contributed by atoms with van der Waals surface area (Å²) in [6.07, 6.45) is 1.71. The van der Waals surface area contributed by atoms with Crippen LogP contribution in [-0.4, -0.2) is 51.4 Å². The van der Waals surface area contributed by atoms with Crippen molar-refractivity contribution in [3.63, 3.8) is 0 Å². The Morgan fingerprint density at radius 3 is 2.25 bits per heavy atom. The first-order valence-electron chi connectivity index (χ1n) is 13.1. The smallest absolute Gasteiger partial charge is 0.264 e. The Kier molecular flexibility index (Phi) is 11.0. The molecule has 214 valence electrons. The summed E-state index contributed by atoms with van der Waals surface area (Å²) in [6, 6.07) is 19.0. The predicted octanol–water partition coefficient (Wildman–Crippen LogP) is 5.19. The van der Waals surface area contributed by atoms with Crippen LogP contribution in [0.15, 0.2) is 77.7 Å². The van der Waals surface area contributed by atoms with E-state index >= 15 is 0 Å². The molecule has 0 aliphatic heterocycles. The van der Waals surface area contributed by atoms with Crippen LogP contribution in [0.4, 0.5) is 5.69 Å². The summed E-state index contributed by atoms with van der Waals surface area (Å²) >= 11 is 6.40. The topological polar surface area (TPSA) is 96.0 Å². The fraction of sp³-hybridized carbons (Fsp3) is 0.333. The highest BCUT2D eigenvalue weighted by Crippen LogP contribution is 2.27. The first-order chi connectivity index (χ1) is 19.1. The molecule has 10 heteroatoms. The molecule has 0 saturated carbocycles. The number of benzene rings is 3. The third-order valence-corrected chi connectivity index (χ3v) is 8.70. The summed E-state index contributed by atoms with van der Waals surface area (Å²) in [6.45, 7) is 5.53. The number of methoxy groups -OCH3 is 1. The number of nitrogens with zero attached hydrogens (tertiary/aromatic N) is 2. The van der Waals surface area contributed by atoms with Gasteiger partial charge in [-0.3, -0.25) is 13.9 Å².